The molecule has 0 saturated heterocycles. The van der Waals surface area contributed by atoms with Crippen LogP contribution in [0.5, 0.6) is 0 Å². The van der Waals surface area contributed by atoms with Crippen LogP contribution in [0.25, 0.3) is 0 Å². The summed E-state index contributed by atoms with van der Waals surface area (Å²) in [5, 5.41) is 3.37. The molecule has 0 aromatic heterocycles. The second kappa shape index (κ2) is 5.73. The van der Waals surface area contributed by atoms with Crippen LogP contribution in [-0.4, -0.2) is 25.8 Å². The van der Waals surface area contributed by atoms with Gasteiger partial charge in [0.25, 0.3) is 0 Å². The SMILES string of the molecule is CCC(CCCOC1CC2CCC1(C)C2(C)C)NC. The summed E-state index contributed by atoms with van der Waals surface area (Å²) in [5.74, 6) is 0.892. The third-order valence-corrected chi connectivity index (χ3v) is 6.63. The van der Waals surface area contributed by atoms with Gasteiger partial charge in [-0.25, -0.2) is 0 Å². The van der Waals surface area contributed by atoms with Gasteiger partial charge in [-0.05, 0) is 62.3 Å². The van der Waals surface area contributed by atoms with Crippen LogP contribution in [0, 0.1) is 16.7 Å². The van der Waals surface area contributed by atoms with Gasteiger partial charge in [0.15, 0.2) is 0 Å². The first kappa shape index (κ1) is 15.3. The largest absolute Gasteiger partial charge is 0.378 e. The molecule has 2 heteroatoms. The molecule has 2 aliphatic carbocycles. The van der Waals surface area contributed by atoms with Crippen LogP contribution in [0.1, 0.15) is 66.2 Å². The van der Waals surface area contributed by atoms with E-state index in [0.717, 1.165) is 12.5 Å². The highest BCUT2D eigenvalue weighted by Gasteiger charge is 2.61. The van der Waals surface area contributed by atoms with Crippen molar-refractivity contribution in [3.8, 4) is 0 Å². The molecule has 2 saturated carbocycles. The molecule has 1 N–H and O–H groups in total. The standard InChI is InChI=1S/C17H33NO/c1-6-14(18-5)8-7-11-19-15-12-13-9-10-17(15,4)16(13,2)3/h13-15,18H,6-12H2,1-5H3. The van der Waals surface area contributed by atoms with E-state index in [9.17, 15) is 0 Å². The van der Waals surface area contributed by atoms with E-state index in [1.807, 2.05) is 0 Å². The van der Waals surface area contributed by atoms with Crippen LogP contribution in [0.4, 0.5) is 0 Å². The smallest absolute Gasteiger partial charge is 0.0636 e. The van der Waals surface area contributed by atoms with Crippen LogP contribution in [-0.2, 0) is 4.74 Å². The van der Waals surface area contributed by atoms with E-state index in [0.29, 0.717) is 23.0 Å². The molecule has 0 amide bonds. The lowest BCUT2D eigenvalue weighted by atomic mass is 9.70. The van der Waals surface area contributed by atoms with Crippen molar-refractivity contribution in [3.05, 3.63) is 0 Å². The normalized spacial score (nSPS) is 37.7. The van der Waals surface area contributed by atoms with E-state index in [1.54, 1.807) is 0 Å². The fraction of sp³-hybridized carbons (Fsp3) is 1.00. The molecule has 2 rings (SSSR count). The summed E-state index contributed by atoms with van der Waals surface area (Å²) in [5.41, 5.74) is 0.902. The van der Waals surface area contributed by atoms with Gasteiger partial charge in [-0.2, -0.15) is 0 Å². The lowest BCUT2D eigenvalue weighted by molar-refractivity contribution is -0.0478. The summed E-state index contributed by atoms with van der Waals surface area (Å²) >= 11 is 0. The van der Waals surface area contributed by atoms with Gasteiger partial charge in [0.2, 0.25) is 0 Å². The van der Waals surface area contributed by atoms with Crippen molar-refractivity contribution in [2.24, 2.45) is 16.7 Å². The predicted molar refractivity (Wildman–Crippen MR) is 81.3 cm³/mol. The highest BCUT2D eigenvalue weighted by atomic mass is 16.5. The van der Waals surface area contributed by atoms with Gasteiger partial charge in [0.05, 0.1) is 6.10 Å². The van der Waals surface area contributed by atoms with Gasteiger partial charge in [0.1, 0.15) is 0 Å². The number of fused-ring (bicyclic) bond motifs is 2. The monoisotopic (exact) mass is 267 g/mol. The fourth-order valence-corrected chi connectivity index (χ4v) is 4.49. The number of hydrogen-bond acceptors (Lipinski definition) is 2. The molecule has 4 atom stereocenters. The Balaban J connectivity index is 1.76. The van der Waals surface area contributed by atoms with E-state index in [-0.39, 0.29) is 0 Å². The van der Waals surface area contributed by atoms with Crippen molar-refractivity contribution in [2.45, 2.75) is 78.4 Å². The van der Waals surface area contributed by atoms with Gasteiger partial charge < -0.3 is 10.1 Å². The van der Waals surface area contributed by atoms with Gasteiger partial charge in [-0.3, -0.25) is 0 Å². The molecule has 0 radical (unpaired) electrons. The Bertz CT molecular complexity index is 298. The Morgan fingerprint density at radius 3 is 2.53 bits per heavy atom. The Morgan fingerprint density at radius 2 is 2.05 bits per heavy atom. The average molecular weight is 267 g/mol. The molecule has 0 aromatic rings. The van der Waals surface area contributed by atoms with E-state index < -0.39 is 0 Å². The van der Waals surface area contributed by atoms with Crippen molar-refractivity contribution >= 4 is 0 Å². The average Bonchev–Trinajstić information content (AvgIpc) is 2.72. The number of nitrogens with one attached hydrogen (secondary N) is 1. The molecule has 112 valence electrons. The Kier molecular flexibility index (Phi) is 4.62. The lowest BCUT2D eigenvalue weighted by Crippen LogP contribution is -2.37. The van der Waals surface area contributed by atoms with Gasteiger partial charge in [-0.15, -0.1) is 0 Å². The van der Waals surface area contributed by atoms with Gasteiger partial charge in [-0.1, -0.05) is 27.7 Å². The maximum absolute atomic E-state index is 6.29. The molecule has 0 heterocycles. The zero-order chi connectivity index (χ0) is 14.1. The lowest BCUT2D eigenvalue weighted by Gasteiger charge is -2.39. The predicted octanol–water partition coefficient (Wildman–Crippen LogP) is 4.00. The van der Waals surface area contributed by atoms with Gasteiger partial charge in [0, 0.05) is 12.6 Å². The molecule has 19 heavy (non-hydrogen) atoms. The Hall–Kier alpha value is -0.0800. The first-order valence-electron chi connectivity index (χ1n) is 8.24. The summed E-state index contributed by atoms with van der Waals surface area (Å²) < 4.78 is 6.29. The molecule has 0 spiro atoms. The highest BCUT2D eigenvalue weighted by Crippen LogP contribution is 2.66. The first-order chi connectivity index (χ1) is 8.95. The minimum atomic E-state index is 0.421. The summed E-state index contributed by atoms with van der Waals surface area (Å²) in [6.07, 6.45) is 8.24. The number of hydrogen-bond donors (Lipinski definition) is 1. The highest BCUT2D eigenvalue weighted by molar-refractivity contribution is 5.11. The van der Waals surface area contributed by atoms with Crippen molar-refractivity contribution in [1.29, 1.82) is 0 Å². The fourth-order valence-electron chi connectivity index (χ4n) is 4.49. The van der Waals surface area contributed by atoms with Crippen molar-refractivity contribution in [1.82, 2.24) is 5.32 Å². The minimum Gasteiger partial charge on any atom is -0.378 e. The maximum Gasteiger partial charge on any atom is 0.0636 e. The van der Waals surface area contributed by atoms with Crippen molar-refractivity contribution in [2.75, 3.05) is 13.7 Å². The Labute approximate surface area is 119 Å². The molecule has 0 aliphatic heterocycles. The summed E-state index contributed by atoms with van der Waals surface area (Å²) in [6, 6.07) is 0.663. The third kappa shape index (κ3) is 2.58. The molecule has 2 fully saturated rings. The third-order valence-electron chi connectivity index (χ3n) is 6.63. The zero-order valence-corrected chi connectivity index (χ0v) is 13.6. The first-order valence-corrected chi connectivity index (χ1v) is 8.24. The van der Waals surface area contributed by atoms with E-state index >= 15 is 0 Å². The van der Waals surface area contributed by atoms with Gasteiger partial charge >= 0.3 is 0 Å². The summed E-state index contributed by atoms with van der Waals surface area (Å²) in [6.45, 7) is 10.6. The molecule has 2 nitrogen and oxygen atoms in total. The van der Waals surface area contributed by atoms with Crippen LogP contribution in [0.15, 0.2) is 0 Å². The molecular formula is C17H33NO. The van der Waals surface area contributed by atoms with Crippen LogP contribution in [0.2, 0.25) is 0 Å². The Morgan fingerprint density at radius 1 is 1.32 bits per heavy atom. The zero-order valence-electron chi connectivity index (χ0n) is 13.6. The topological polar surface area (TPSA) is 21.3 Å². The maximum atomic E-state index is 6.29. The number of rotatable bonds is 7. The number of ether oxygens (including phenoxy) is 1. The minimum absolute atomic E-state index is 0.421. The molecule has 2 bridgehead atoms. The van der Waals surface area contributed by atoms with E-state index in [4.69, 9.17) is 4.74 Å². The van der Waals surface area contributed by atoms with Crippen LogP contribution < -0.4 is 5.32 Å². The van der Waals surface area contributed by atoms with E-state index in [2.05, 4.69) is 40.1 Å². The van der Waals surface area contributed by atoms with Crippen LogP contribution in [0.3, 0.4) is 0 Å². The summed E-state index contributed by atoms with van der Waals surface area (Å²) in [7, 11) is 2.06. The molecule has 4 unspecified atom stereocenters. The van der Waals surface area contributed by atoms with Crippen LogP contribution >= 0.6 is 0 Å². The van der Waals surface area contributed by atoms with Crippen molar-refractivity contribution in [3.63, 3.8) is 0 Å². The summed E-state index contributed by atoms with van der Waals surface area (Å²) in [4.78, 5) is 0. The second-order valence-corrected chi connectivity index (χ2v) is 7.51. The van der Waals surface area contributed by atoms with Crippen molar-refractivity contribution < 1.29 is 4.74 Å². The second-order valence-electron chi connectivity index (χ2n) is 7.51. The van der Waals surface area contributed by atoms with E-state index in [1.165, 1.54) is 38.5 Å². The molecule has 0 aromatic carbocycles. The quantitative estimate of drug-likeness (QED) is 0.704. The molecular weight excluding hydrogens is 234 g/mol. The molecule has 2 aliphatic rings.